The molecule has 8 heteroatoms. The number of carbonyl (C=O) groups excluding carboxylic acids is 2. The zero-order chi connectivity index (χ0) is 15.1. The van der Waals surface area contributed by atoms with Crippen molar-refractivity contribution in [2.24, 2.45) is 0 Å². The SMILES string of the molecule is O=C1CCC(N2Cc3c(F)ccc([N+](=O)[O-])c3C2)C(=O)N1. The van der Waals surface area contributed by atoms with Gasteiger partial charge in [0, 0.05) is 31.1 Å². The van der Waals surface area contributed by atoms with E-state index in [2.05, 4.69) is 5.32 Å². The highest BCUT2D eigenvalue weighted by molar-refractivity contribution is 6.00. The number of nitrogens with one attached hydrogen (secondary N) is 1. The Morgan fingerprint density at radius 3 is 2.67 bits per heavy atom. The topological polar surface area (TPSA) is 92.6 Å². The molecule has 1 fully saturated rings. The van der Waals surface area contributed by atoms with Crippen molar-refractivity contribution >= 4 is 17.5 Å². The van der Waals surface area contributed by atoms with Gasteiger partial charge in [0.2, 0.25) is 11.8 Å². The lowest BCUT2D eigenvalue weighted by Crippen LogP contribution is -2.50. The number of carbonyl (C=O) groups is 2. The number of nitro benzene ring substituents is 1. The maximum absolute atomic E-state index is 13.8. The van der Waals surface area contributed by atoms with Crippen LogP contribution < -0.4 is 5.32 Å². The van der Waals surface area contributed by atoms with Crippen LogP contribution in [0.3, 0.4) is 0 Å². The van der Waals surface area contributed by atoms with Crippen LogP contribution in [0.1, 0.15) is 24.0 Å². The number of rotatable bonds is 2. The molecule has 1 N–H and O–H groups in total. The van der Waals surface area contributed by atoms with Gasteiger partial charge in [-0.2, -0.15) is 0 Å². The summed E-state index contributed by atoms with van der Waals surface area (Å²) in [6, 6.07) is 1.65. The van der Waals surface area contributed by atoms with Crippen molar-refractivity contribution in [3.8, 4) is 0 Å². The van der Waals surface area contributed by atoms with E-state index in [4.69, 9.17) is 0 Å². The van der Waals surface area contributed by atoms with Crippen LogP contribution in [-0.2, 0) is 22.7 Å². The molecule has 0 aromatic heterocycles. The van der Waals surface area contributed by atoms with E-state index < -0.39 is 22.7 Å². The summed E-state index contributed by atoms with van der Waals surface area (Å²) < 4.78 is 13.8. The van der Waals surface area contributed by atoms with E-state index >= 15 is 0 Å². The fraction of sp³-hybridized carbons (Fsp3) is 0.385. The maximum Gasteiger partial charge on any atom is 0.274 e. The van der Waals surface area contributed by atoms with Gasteiger partial charge < -0.3 is 0 Å². The molecule has 1 aromatic rings. The van der Waals surface area contributed by atoms with Crippen molar-refractivity contribution in [3.05, 3.63) is 39.2 Å². The van der Waals surface area contributed by atoms with Gasteiger partial charge in [-0.15, -0.1) is 0 Å². The third-order valence-corrected chi connectivity index (χ3v) is 3.92. The minimum Gasteiger partial charge on any atom is -0.295 e. The summed E-state index contributed by atoms with van der Waals surface area (Å²) in [4.78, 5) is 35.1. The second kappa shape index (κ2) is 4.88. The van der Waals surface area contributed by atoms with E-state index in [1.807, 2.05) is 0 Å². The summed E-state index contributed by atoms with van der Waals surface area (Å²) in [7, 11) is 0. The smallest absolute Gasteiger partial charge is 0.274 e. The van der Waals surface area contributed by atoms with Gasteiger partial charge in [-0.25, -0.2) is 4.39 Å². The highest BCUT2D eigenvalue weighted by Gasteiger charge is 2.38. The van der Waals surface area contributed by atoms with E-state index in [0.29, 0.717) is 12.0 Å². The van der Waals surface area contributed by atoms with Gasteiger partial charge in [0.25, 0.3) is 5.69 Å². The number of hydrogen-bond acceptors (Lipinski definition) is 5. The minimum absolute atomic E-state index is 0.134. The number of nitro groups is 1. The lowest BCUT2D eigenvalue weighted by Gasteiger charge is -2.28. The first kappa shape index (κ1) is 13.6. The Kier molecular flexibility index (Phi) is 3.17. The first-order valence-electron chi connectivity index (χ1n) is 6.49. The number of benzene rings is 1. The van der Waals surface area contributed by atoms with E-state index in [1.165, 1.54) is 0 Å². The molecular formula is C13H12FN3O4. The second-order valence-corrected chi connectivity index (χ2v) is 5.15. The highest BCUT2D eigenvalue weighted by atomic mass is 19.1. The summed E-state index contributed by atoms with van der Waals surface area (Å²) in [6.07, 6.45) is 0.557. The Hall–Kier alpha value is -2.35. The Morgan fingerprint density at radius 1 is 1.29 bits per heavy atom. The Bertz CT molecular complexity index is 661. The molecule has 1 atom stereocenters. The summed E-state index contributed by atoms with van der Waals surface area (Å²) in [5.41, 5.74) is 0.430. The number of halogens is 1. The van der Waals surface area contributed by atoms with E-state index in [0.717, 1.165) is 12.1 Å². The lowest BCUT2D eigenvalue weighted by atomic mass is 10.0. The van der Waals surface area contributed by atoms with Gasteiger partial charge in [-0.3, -0.25) is 29.9 Å². The molecule has 21 heavy (non-hydrogen) atoms. The van der Waals surface area contributed by atoms with Crippen LogP contribution in [0.5, 0.6) is 0 Å². The van der Waals surface area contributed by atoms with Gasteiger partial charge >= 0.3 is 0 Å². The van der Waals surface area contributed by atoms with E-state index in [-0.39, 0.29) is 36.7 Å². The zero-order valence-corrected chi connectivity index (χ0v) is 11.0. The summed E-state index contributed by atoms with van der Waals surface area (Å²) in [5.74, 6) is -1.27. The number of hydrogen-bond donors (Lipinski definition) is 1. The van der Waals surface area contributed by atoms with Gasteiger partial charge in [0.05, 0.1) is 16.5 Å². The predicted molar refractivity (Wildman–Crippen MR) is 68.5 cm³/mol. The van der Waals surface area contributed by atoms with Crippen molar-refractivity contribution in [3.63, 3.8) is 0 Å². The minimum atomic E-state index is -0.561. The van der Waals surface area contributed by atoms with Crippen molar-refractivity contribution in [1.82, 2.24) is 10.2 Å². The van der Waals surface area contributed by atoms with Crippen LogP contribution in [-0.4, -0.2) is 27.7 Å². The third-order valence-electron chi connectivity index (χ3n) is 3.92. The van der Waals surface area contributed by atoms with Crippen molar-refractivity contribution in [2.75, 3.05) is 0 Å². The Labute approximate surface area is 118 Å². The molecule has 110 valence electrons. The number of amides is 2. The average Bonchev–Trinajstić information content (AvgIpc) is 2.84. The summed E-state index contributed by atoms with van der Waals surface area (Å²) >= 11 is 0. The van der Waals surface area contributed by atoms with Gasteiger partial charge in [0.1, 0.15) is 5.82 Å². The number of piperidine rings is 1. The fourth-order valence-electron chi connectivity index (χ4n) is 2.88. The molecule has 3 rings (SSSR count). The number of nitrogens with zero attached hydrogens (tertiary/aromatic N) is 2. The number of fused-ring (bicyclic) bond motifs is 1. The van der Waals surface area contributed by atoms with Crippen LogP contribution >= 0.6 is 0 Å². The van der Waals surface area contributed by atoms with Gasteiger partial charge in [-0.1, -0.05) is 0 Å². The van der Waals surface area contributed by atoms with Crippen molar-refractivity contribution in [2.45, 2.75) is 32.0 Å². The molecule has 1 unspecified atom stereocenters. The molecule has 0 spiro atoms. The average molecular weight is 293 g/mol. The molecule has 0 saturated carbocycles. The quantitative estimate of drug-likeness (QED) is 0.496. The zero-order valence-electron chi connectivity index (χ0n) is 11.0. The molecular weight excluding hydrogens is 281 g/mol. The van der Waals surface area contributed by atoms with Crippen molar-refractivity contribution in [1.29, 1.82) is 0 Å². The van der Waals surface area contributed by atoms with Crippen LogP contribution in [0.15, 0.2) is 12.1 Å². The second-order valence-electron chi connectivity index (χ2n) is 5.15. The number of imide groups is 1. The molecule has 2 aliphatic heterocycles. The maximum atomic E-state index is 13.8. The van der Waals surface area contributed by atoms with E-state index in [9.17, 15) is 24.1 Å². The highest BCUT2D eigenvalue weighted by Crippen LogP contribution is 2.34. The van der Waals surface area contributed by atoms with Crippen LogP contribution in [0, 0.1) is 15.9 Å². The molecule has 0 bridgehead atoms. The predicted octanol–water partition coefficient (Wildman–Crippen LogP) is 0.855. The largest absolute Gasteiger partial charge is 0.295 e. The standard InChI is InChI=1S/C13H12FN3O4/c14-9-1-2-10(17(20)21)8-6-16(5-7(8)9)11-3-4-12(18)15-13(11)19/h1-2,11H,3-6H2,(H,15,18,19). The molecule has 2 amide bonds. The summed E-state index contributed by atoms with van der Waals surface area (Å²) in [6.45, 7) is 0.269. The summed E-state index contributed by atoms with van der Waals surface area (Å²) in [5, 5.41) is 13.2. The third kappa shape index (κ3) is 2.27. The lowest BCUT2D eigenvalue weighted by molar-refractivity contribution is -0.385. The molecule has 1 saturated heterocycles. The van der Waals surface area contributed by atoms with Gasteiger partial charge in [-0.05, 0) is 12.5 Å². The molecule has 1 aromatic carbocycles. The van der Waals surface area contributed by atoms with Crippen LogP contribution in [0.2, 0.25) is 0 Å². The monoisotopic (exact) mass is 293 g/mol. The van der Waals surface area contributed by atoms with Crippen molar-refractivity contribution < 1.29 is 18.9 Å². The molecule has 2 aliphatic rings. The molecule has 0 aliphatic carbocycles. The molecule has 2 heterocycles. The Balaban J connectivity index is 1.89. The Morgan fingerprint density at radius 2 is 2.00 bits per heavy atom. The first-order chi connectivity index (χ1) is 9.97. The van der Waals surface area contributed by atoms with Crippen LogP contribution in [0.4, 0.5) is 10.1 Å². The molecule has 0 radical (unpaired) electrons. The van der Waals surface area contributed by atoms with Gasteiger partial charge in [0.15, 0.2) is 0 Å². The first-order valence-corrected chi connectivity index (χ1v) is 6.49. The normalized spacial score (nSPS) is 22.0. The van der Waals surface area contributed by atoms with Crippen LogP contribution in [0.25, 0.3) is 0 Å². The van der Waals surface area contributed by atoms with E-state index in [1.54, 1.807) is 4.90 Å². The fourth-order valence-corrected chi connectivity index (χ4v) is 2.88. The molecule has 7 nitrogen and oxygen atoms in total.